The molecule has 2 rings (SSSR count). The lowest BCUT2D eigenvalue weighted by atomic mass is 9.95. The summed E-state index contributed by atoms with van der Waals surface area (Å²) in [5.41, 5.74) is 2.58. The van der Waals surface area contributed by atoms with Crippen LogP contribution in [-0.2, 0) is 16.6 Å². The van der Waals surface area contributed by atoms with E-state index in [1.165, 1.54) is 0 Å². The van der Waals surface area contributed by atoms with Crippen molar-refractivity contribution < 1.29 is 9.59 Å². The summed E-state index contributed by atoms with van der Waals surface area (Å²) in [6, 6.07) is 0. The molecule has 1 aromatic heterocycles. The van der Waals surface area contributed by atoms with Crippen molar-refractivity contribution in [3.63, 3.8) is 0 Å². The molecule has 7 nitrogen and oxygen atoms in total. The number of hydrogen-bond acceptors (Lipinski definition) is 4. The van der Waals surface area contributed by atoms with Gasteiger partial charge in [0.15, 0.2) is 0 Å². The Bertz CT molecular complexity index is 586. The summed E-state index contributed by atoms with van der Waals surface area (Å²) in [6.07, 6.45) is 1.63. The van der Waals surface area contributed by atoms with Gasteiger partial charge in [-0.05, 0) is 39.8 Å². The molecule has 0 atom stereocenters. The standard InChI is InChI=1S/C16H27N5O2/c1-11-15(12(2)20(5)18-11)17-14(22)10-21-8-6-13(7-9-21)16(23)19(3)4/h13H,6-10H2,1-5H3,(H,17,22). The fraction of sp³-hybridized carbons (Fsp3) is 0.688. The van der Waals surface area contributed by atoms with Crippen molar-refractivity contribution in [1.29, 1.82) is 0 Å². The topological polar surface area (TPSA) is 70.5 Å². The van der Waals surface area contributed by atoms with Gasteiger partial charge in [-0.15, -0.1) is 0 Å². The van der Waals surface area contributed by atoms with Crippen LogP contribution in [0.5, 0.6) is 0 Å². The van der Waals surface area contributed by atoms with Crippen molar-refractivity contribution in [2.45, 2.75) is 26.7 Å². The second kappa shape index (κ2) is 7.12. The zero-order chi connectivity index (χ0) is 17.1. The Balaban J connectivity index is 1.84. The molecule has 0 bridgehead atoms. The Kier molecular flexibility index (Phi) is 5.41. The second-order valence-corrected chi connectivity index (χ2v) is 6.50. The number of carbonyl (C=O) groups is 2. The molecule has 0 spiro atoms. The Morgan fingerprint density at radius 1 is 1.26 bits per heavy atom. The molecule has 0 saturated carbocycles. The number of likely N-dealkylation sites (tertiary alicyclic amines) is 1. The van der Waals surface area contributed by atoms with Gasteiger partial charge in [0.1, 0.15) is 0 Å². The van der Waals surface area contributed by atoms with Gasteiger partial charge in [-0.2, -0.15) is 5.10 Å². The van der Waals surface area contributed by atoms with Crippen molar-refractivity contribution in [1.82, 2.24) is 19.6 Å². The smallest absolute Gasteiger partial charge is 0.238 e. The van der Waals surface area contributed by atoms with Crippen LogP contribution in [0.25, 0.3) is 0 Å². The first-order valence-corrected chi connectivity index (χ1v) is 8.03. The SMILES string of the molecule is Cc1nn(C)c(C)c1NC(=O)CN1CCC(C(=O)N(C)C)CC1. The first kappa shape index (κ1) is 17.5. The van der Waals surface area contributed by atoms with Crippen LogP contribution >= 0.6 is 0 Å². The van der Waals surface area contributed by atoms with E-state index in [1.54, 1.807) is 23.7 Å². The number of nitrogens with one attached hydrogen (secondary N) is 1. The number of rotatable bonds is 4. The monoisotopic (exact) mass is 321 g/mol. The predicted molar refractivity (Wildman–Crippen MR) is 89.2 cm³/mol. The highest BCUT2D eigenvalue weighted by Gasteiger charge is 2.27. The highest BCUT2D eigenvalue weighted by Crippen LogP contribution is 2.20. The molecule has 0 aliphatic carbocycles. The molecule has 0 radical (unpaired) electrons. The Hall–Kier alpha value is -1.89. The minimum atomic E-state index is -0.0263. The van der Waals surface area contributed by atoms with Crippen LogP contribution in [0.2, 0.25) is 0 Å². The molecule has 128 valence electrons. The predicted octanol–water partition coefficient (Wildman–Crippen LogP) is 0.776. The van der Waals surface area contributed by atoms with E-state index in [0.29, 0.717) is 6.54 Å². The van der Waals surface area contributed by atoms with Crippen molar-refractivity contribution in [3.05, 3.63) is 11.4 Å². The maximum Gasteiger partial charge on any atom is 0.238 e. The van der Waals surface area contributed by atoms with E-state index in [1.807, 2.05) is 20.9 Å². The van der Waals surface area contributed by atoms with Crippen molar-refractivity contribution in [3.8, 4) is 0 Å². The maximum atomic E-state index is 12.3. The Morgan fingerprint density at radius 2 is 1.87 bits per heavy atom. The van der Waals surface area contributed by atoms with E-state index < -0.39 is 0 Å². The van der Waals surface area contributed by atoms with Gasteiger partial charge in [-0.25, -0.2) is 0 Å². The number of anilines is 1. The van der Waals surface area contributed by atoms with E-state index in [9.17, 15) is 9.59 Å². The van der Waals surface area contributed by atoms with Crippen LogP contribution in [0.1, 0.15) is 24.2 Å². The van der Waals surface area contributed by atoms with E-state index in [4.69, 9.17) is 0 Å². The summed E-state index contributed by atoms with van der Waals surface area (Å²) in [6.45, 7) is 5.75. The number of hydrogen-bond donors (Lipinski definition) is 1. The second-order valence-electron chi connectivity index (χ2n) is 6.50. The molecule has 1 aliphatic heterocycles. The molecule has 23 heavy (non-hydrogen) atoms. The summed E-state index contributed by atoms with van der Waals surface area (Å²) in [7, 11) is 5.45. The summed E-state index contributed by atoms with van der Waals surface area (Å²) in [5, 5.41) is 7.26. The van der Waals surface area contributed by atoms with Crippen molar-refractivity contribution in [2.24, 2.45) is 13.0 Å². The number of piperidine rings is 1. The Morgan fingerprint density at radius 3 is 2.35 bits per heavy atom. The van der Waals surface area contributed by atoms with Gasteiger partial charge in [0.05, 0.1) is 23.6 Å². The van der Waals surface area contributed by atoms with Gasteiger partial charge >= 0.3 is 0 Å². The van der Waals surface area contributed by atoms with E-state index in [-0.39, 0.29) is 17.7 Å². The first-order chi connectivity index (χ1) is 10.8. The number of nitrogens with zero attached hydrogens (tertiary/aromatic N) is 4. The zero-order valence-corrected chi connectivity index (χ0v) is 14.7. The van der Waals surface area contributed by atoms with Crippen molar-refractivity contribution >= 4 is 17.5 Å². The lowest BCUT2D eigenvalue weighted by Crippen LogP contribution is -2.43. The first-order valence-electron chi connectivity index (χ1n) is 8.03. The summed E-state index contributed by atoms with van der Waals surface area (Å²) in [4.78, 5) is 28.0. The molecular weight excluding hydrogens is 294 g/mol. The third-order valence-corrected chi connectivity index (χ3v) is 4.52. The lowest BCUT2D eigenvalue weighted by Gasteiger charge is -2.31. The normalized spacial score (nSPS) is 16.4. The molecule has 0 unspecified atom stereocenters. The maximum absolute atomic E-state index is 12.3. The van der Waals surface area contributed by atoms with Gasteiger partial charge in [-0.3, -0.25) is 19.2 Å². The number of amides is 2. The van der Waals surface area contributed by atoms with Crippen LogP contribution in [0, 0.1) is 19.8 Å². The van der Waals surface area contributed by atoms with Crippen LogP contribution in [0.15, 0.2) is 0 Å². The molecule has 0 aromatic carbocycles. The highest BCUT2D eigenvalue weighted by molar-refractivity contribution is 5.93. The fourth-order valence-corrected chi connectivity index (χ4v) is 3.04. The Labute approximate surface area is 137 Å². The van der Waals surface area contributed by atoms with Gasteiger partial charge in [0.25, 0.3) is 0 Å². The van der Waals surface area contributed by atoms with Crippen LogP contribution in [0.3, 0.4) is 0 Å². The summed E-state index contributed by atoms with van der Waals surface area (Å²) >= 11 is 0. The number of aryl methyl sites for hydroxylation is 2. The zero-order valence-electron chi connectivity index (χ0n) is 14.7. The third-order valence-electron chi connectivity index (χ3n) is 4.52. The molecular formula is C16H27N5O2. The molecule has 1 N–H and O–H groups in total. The molecule has 1 saturated heterocycles. The van der Waals surface area contributed by atoms with Gasteiger partial charge < -0.3 is 10.2 Å². The van der Waals surface area contributed by atoms with E-state index in [2.05, 4.69) is 15.3 Å². The lowest BCUT2D eigenvalue weighted by molar-refractivity contribution is -0.134. The van der Waals surface area contributed by atoms with Gasteiger partial charge in [0, 0.05) is 27.1 Å². The number of aromatic nitrogens is 2. The molecule has 1 fully saturated rings. The average molecular weight is 321 g/mol. The van der Waals surface area contributed by atoms with Crippen LogP contribution in [-0.4, -0.2) is 65.1 Å². The fourth-order valence-electron chi connectivity index (χ4n) is 3.04. The van der Waals surface area contributed by atoms with Crippen LogP contribution in [0.4, 0.5) is 5.69 Å². The molecule has 2 amide bonds. The van der Waals surface area contributed by atoms with E-state index >= 15 is 0 Å². The average Bonchev–Trinajstić information content (AvgIpc) is 2.73. The van der Waals surface area contributed by atoms with Crippen molar-refractivity contribution in [2.75, 3.05) is 39.0 Å². The summed E-state index contributed by atoms with van der Waals surface area (Å²) in [5.74, 6) is 0.254. The number of carbonyl (C=O) groups excluding carboxylic acids is 2. The van der Waals surface area contributed by atoms with Crippen LogP contribution < -0.4 is 5.32 Å². The van der Waals surface area contributed by atoms with E-state index in [0.717, 1.165) is 43.0 Å². The third kappa shape index (κ3) is 4.10. The minimum Gasteiger partial charge on any atom is -0.349 e. The highest BCUT2D eigenvalue weighted by atomic mass is 16.2. The molecule has 2 heterocycles. The molecule has 1 aromatic rings. The molecule has 7 heteroatoms. The van der Waals surface area contributed by atoms with Gasteiger partial charge in [-0.1, -0.05) is 0 Å². The quantitative estimate of drug-likeness (QED) is 0.889. The van der Waals surface area contributed by atoms with Gasteiger partial charge in [0.2, 0.25) is 11.8 Å². The largest absolute Gasteiger partial charge is 0.349 e. The minimum absolute atomic E-state index is 0.0263. The molecule has 1 aliphatic rings. The summed E-state index contributed by atoms with van der Waals surface area (Å²) < 4.78 is 1.77.